The highest BCUT2D eigenvalue weighted by atomic mass is 19.3. The number of alkyl halides is 3. The second-order valence-corrected chi connectivity index (χ2v) is 9.73. The van der Waals surface area contributed by atoms with Crippen molar-refractivity contribution in [3.8, 4) is 0 Å². The van der Waals surface area contributed by atoms with Gasteiger partial charge in [0.2, 0.25) is 5.92 Å². The molecule has 2 unspecified atom stereocenters. The van der Waals surface area contributed by atoms with Gasteiger partial charge in [0.1, 0.15) is 12.0 Å². The molecule has 0 bridgehead atoms. The molecule has 180 valence electrons. The van der Waals surface area contributed by atoms with Crippen LogP contribution in [0.15, 0.2) is 60.0 Å². The Morgan fingerprint density at radius 3 is 2.71 bits per heavy atom. The van der Waals surface area contributed by atoms with Gasteiger partial charge in [0.15, 0.2) is 0 Å². The van der Waals surface area contributed by atoms with Crippen molar-refractivity contribution in [2.45, 2.75) is 50.4 Å². The van der Waals surface area contributed by atoms with Gasteiger partial charge in [0, 0.05) is 48.1 Å². The van der Waals surface area contributed by atoms with Gasteiger partial charge in [-0.25, -0.2) is 22.4 Å². The zero-order chi connectivity index (χ0) is 24.2. The number of hydrogen-bond donors (Lipinski definition) is 2. The minimum atomic E-state index is -2.67. The van der Waals surface area contributed by atoms with E-state index in [9.17, 15) is 13.6 Å². The lowest BCUT2D eigenvalue weighted by Crippen LogP contribution is -2.52. The summed E-state index contributed by atoms with van der Waals surface area (Å²) in [6.07, 6.45) is 2.90. The molecule has 0 radical (unpaired) electrons. The molecule has 1 fully saturated rings. The number of benzene rings is 1. The Labute approximate surface area is 194 Å². The van der Waals surface area contributed by atoms with Crippen LogP contribution in [-0.4, -0.2) is 45.6 Å². The second-order valence-electron chi connectivity index (χ2n) is 9.73. The molecule has 1 aromatic carbocycles. The summed E-state index contributed by atoms with van der Waals surface area (Å²) in [6.45, 7) is 2.31. The van der Waals surface area contributed by atoms with Crippen molar-refractivity contribution in [2.75, 3.05) is 6.54 Å². The molecule has 34 heavy (non-hydrogen) atoms. The summed E-state index contributed by atoms with van der Waals surface area (Å²) in [5.74, 6) is -5.97. The molecule has 1 saturated carbocycles. The lowest BCUT2D eigenvalue weighted by Gasteiger charge is -2.48. The number of nitrogens with one attached hydrogen (secondary N) is 1. The Morgan fingerprint density at radius 2 is 2.03 bits per heavy atom. The van der Waals surface area contributed by atoms with Gasteiger partial charge in [-0.15, -0.1) is 0 Å². The normalized spacial score (nSPS) is 29.6. The Hall–Kier alpha value is -2.87. The van der Waals surface area contributed by atoms with Crippen molar-refractivity contribution in [3.63, 3.8) is 0 Å². The van der Waals surface area contributed by atoms with Crippen LogP contribution in [0, 0.1) is 11.8 Å². The molecule has 8 heteroatoms. The third kappa shape index (κ3) is 4.08. The third-order valence-corrected chi connectivity index (χ3v) is 7.29. The molecule has 2 heterocycles. The van der Waals surface area contributed by atoms with Crippen molar-refractivity contribution in [1.29, 1.82) is 0 Å². The zero-order valence-corrected chi connectivity index (χ0v) is 18.6. The maximum atomic E-state index is 15.6. The first-order valence-corrected chi connectivity index (χ1v) is 11.5. The Kier molecular flexibility index (Phi) is 5.67. The van der Waals surface area contributed by atoms with E-state index in [1.54, 1.807) is 0 Å². The van der Waals surface area contributed by atoms with Gasteiger partial charge in [-0.05, 0) is 54.7 Å². The number of para-hydroxylation sites is 1. The Balaban J connectivity index is 1.55. The molecule has 2 N–H and O–H groups in total. The van der Waals surface area contributed by atoms with Crippen LogP contribution in [0.5, 0.6) is 0 Å². The van der Waals surface area contributed by atoms with Crippen LogP contribution >= 0.6 is 0 Å². The number of fused-ring (bicyclic) bond motifs is 3. The van der Waals surface area contributed by atoms with Gasteiger partial charge >= 0.3 is 5.97 Å². The minimum Gasteiger partial charge on any atom is -0.478 e. The molecular formula is C26H26F4N2O2. The number of carboxylic acids is 1. The summed E-state index contributed by atoms with van der Waals surface area (Å²) in [6, 6.07) is 6.91. The van der Waals surface area contributed by atoms with Crippen LogP contribution in [-0.2, 0) is 11.2 Å². The topological polar surface area (TPSA) is 56.3 Å². The lowest BCUT2D eigenvalue weighted by molar-refractivity contribution is -0.131. The molecule has 2 aromatic rings. The molecule has 5 rings (SSSR count). The first-order chi connectivity index (χ1) is 16.1. The second kappa shape index (κ2) is 8.41. The quantitative estimate of drug-likeness (QED) is 0.420. The van der Waals surface area contributed by atoms with Crippen molar-refractivity contribution in [1.82, 2.24) is 9.88 Å². The van der Waals surface area contributed by atoms with Gasteiger partial charge in [-0.2, -0.15) is 0 Å². The highest BCUT2D eigenvalue weighted by Gasteiger charge is 2.50. The number of hydrogen-bond acceptors (Lipinski definition) is 2. The number of H-pyrrole nitrogens is 1. The first-order valence-electron chi connectivity index (χ1n) is 11.5. The Morgan fingerprint density at radius 1 is 1.29 bits per heavy atom. The smallest absolute Gasteiger partial charge is 0.328 e. The number of aliphatic carboxylic acids is 1. The number of halogens is 4. The highest BCUT2D eigenvalue weighted by Crippen LogP contribution is 2.49. The number of aromatic nitrogens is 1. The van der Waals surface area contributed by atoms with E-state index in [4.69, 9.17) is 5.11 Å². The Bertz CT molecular complexity index is 1210. The van der Waals surface area contributed by atoms with Crippen LogP contribution in [0.1, 0.15) is 37.1 Å². The fourth-order valence-electron chi connectivity index (χ4n) is 5.78. The zero-order valence-electron chi connectivity index (χ0n) is 18.6. The number of aromatic amines is 1. The standard InChI is InChI=1S/C26H26F4N2O2/c1-14-8-18-17-4-2-3-5-21(17)31-24(18)25(32(14)13-16-11-26(29,30)12-16)23-19(27)9-15(10-20(23)28)6-7-22(33)34/h2-7,9-10,14,16,19,23,25,31H,8,11-13H2,1H3,(H,33,34)/b7-6+/t14-,19?,23?,25-/m1/s1. The summed E-state index contributed by atoms with van der Waals surface area (Å²) in [5.41, 5.74) is 2.75. The molecular weight excluding hydrogens is 448 g/mol. The minimum absolute atomic E-state index is 0.0942. The summed E-state index contributed by atoms with van der Waals surface area (Å²) in [4.78, 5) is 16.2. The van der Waals surface area contributed by atoms with Crippen LogP contribution in [0.4, 0.5) is 17.6 Å². The monoisotopic (exact) mass is 474 g/mol. The number of rotatable bonds is 5. The van der Waals surface area contributed by atoms with Crippen LogP contribution in [0.3, 0.4) is 0 Å². The highest BCUT2D eigenvalue weighted by molar-refractivity contribution is 5.85. The number of carbonyl (C=O) groups is 1. The van der Waals surface area contributed by atoms with E-state index in [0.29, 0.717) is 13.0 Å². The fraction of sp³-hybridized carbons (Fsp3) is 0.423. The van der Waals surface area contributed by atoms with Gasteiger partial charge in [-0.3, -0.25) is 4.90 Å². The van der Waals surface area contributed by atoms with E-state index >= 15 is 8.78 Å². The van der Waals surface area contributed by atoms with E-state index in [0.717, 1.165) is 40.4 Å². The molecule has 0 saturated heterocycles. The van der Waals surface area contributed by atoms with Crippen molar-refractivity contribution in [2.24, 2.45) is 11.8 Å². The largest absolute Gasteiger partial charge is 0.478 e. The van der Waals surface area contributed by atoms with Crippen molar-refractivity contribution >= 4 is 16.9 Å². The van der Waals surface area contributed by atoms with Gasteiger partial charge in [0.25, 0.3) is 0 Å². The molecule has 0 spiro atoms. The number of allylic oxidation sites excluding steroid dienone is 4. The molecule has 0 amide bonds. The molecule has 4 nitrogen and oxygen atoms in total. The summed E-state index contributed by atoms with van der Waals surface area (Å²) in [5, 5.41) is 9.84. The summed E-state index contributed by atoms with van der Waals surface area (Å²) >= 11 is 0. The maximum Gasteiger partial charge on any atom is 0.328 e. The maximum absolute atomic E-state index is 15.6. The van der Waals surface area contributed by atoms with Gasteiger partial charge in [0.05, 0.1) is 12.0 Å². The number of carboxylic acid groups (broad SMARTS) is 1. The molecule has 1 aliphatic heterocycles. The molecule has 4 atom stereocenters. The van der Waals surface area contributed by atoms with E-state index in [2.05, 4.69) is 4.98 Å². The van der Waals surface area contributed by atoms with Crippen LogP contribution in [0.2, 0.25) is 0 Å². The SMILES string of the molecule is C[C@@H]1Cc2c([nH]c3ccccc23)[C@@H](C2C(F)=CC(/C=C/C(=O)O)=CC2F)N1CC1CC(F)(F)C1. The first kappa shape index (κ1) is 22.9. The molecule has 3 aliphatic rings. The average Bonchev–Trinajstić information content (AvgIpc) is 3.10. The van der Waals surface area contributed by atoms with Crippen molar-refractivity contribution in [3.05, 3.63) is 71.2 Å². The lowest BCUT2D eigenvalue weighted by atomic mass is 9.76. The van der Waals surface area contributed by atoms with Crippen LogP contribution in [0.25, 0.3) is 10.9 Å². The van der Waals surface area contributed by atoms with E-state index in [1.165, 1.54) is 6.08 Å². The third-order valence-electron chi connectivity index (χ3n) is 7.29. The summed E-state index contributed by atoms with van der Waals surface area (Å²) < 4.78 is 58.2. The summed E-state index contributed by atoms with van der Waals surface area (Å²) in [7, 11) is 0. The van der Waals surface area contributed by atoms with Crippen molar-refractivity contribution < 1.29 is 27.5 Å². The molecule has 1 aromatic heterocycles. The van der Waals surface area contributed by atoms with E-state index < -0.39 is 35.9 Å². The molecule has 2 aliphatic carbocycles. The average molecular weight is 474 g/mol. The van der Waals surface area contributed by atoms with Gasteiger partial charge < -0.3 is 10.1 Å². The van der Waals surface area contributed by atoms with E-state index in [1.807, 2.05) is 36.1 Å². The van der Waals surface area contributed by atoms with Crippen LogP contribution < -0.4 is 0 Å². The predicted octanol–water partition coefficient (Wildman–Crippen LogP) is 5.89. The van der Waals surface area contributed by atoms with E-state index in [-0.39, 0.29) is 30.4 Å². The number of nitrogens with zero attached hydrogens (tertiary/aromatic N) is 1. The fourth-order valence-corrected chi connectivity index (χ4v) is 5.78. The van der Waals surface area contributed by atoms with Gasteiger partial charge in [-0.1, -0.05) is 18.2 Å². The predicted molar refractivity (Wildman–Crippen MR) is 121 cm³/mol.